The molecule has 0 radical (unpaired) electrons. The highest BCUT2D eigenvalue weighted by molar-refractivity contribution is 6.42. The molecule has 1 amide bonds. The summed E-state index contributed by atoms with van der Waals surface area (Å²) in [7, 11) is 0. The summed E-state index contributed by atoms with van der Waals surface area (Å²) in [5.74, 6) is 0.0851. The molecule has 0 fully saturated rings. The molecule has 1 aromatic carbocycles. The fourth-order valence-corrected chi connectivity index (χ4v) is 2.43. The van der Waals surface area contributed by atoms with Crippen LogP contribution in [0.3, 0.4) is 0 Å². The number of benzene rings is 1. The van der Waals surface area contributed by atoms with E-state index in [1.807, 2.05) is 12.2 Å². The van der Waals surface area contributed by atoms with Crippen LogP contribution in [0.5, 0.6) is 0 Å². The highest BCUT2D eigenvalue weighted by Crippen LogP contribution is 2.23. The SMILES string of the molecule is O=C(Cc1ccc(Cl)c(Cl)c1)N[C@@H]1C=C[C@H](CO)C1. The molecular formula is C14H15Cl2NO2. The van der Waals surface area contributed by atoms with Gasteiger partial charge in [-0.1, -0.05) is 41.4 Å². The zero-order valence-corrected chi connectivity index (χ0v) is 11.8. The Bertz CT molecular complexity index is 502. The topological polar surface area (TPSA) is 49.3 Å². The van der Waals surface area contributed by atoms with E-state index in [2.05, 4.69) is 5.32 Å². The molecule has 0 aromatic heterocycles. The minimum atomic E-state index is -0.0633. The van der Waals surface area contributed by atoms with Crippen molar-refractivity contribution in [1.29, 1.82) is 0 Å². The molecular weight excluding hydrogens is 285 g/mol. The second-order valence-electron chi connectivity index (χ2n) is 4.66. The Morgan fingerprint density at radius 2 is 2.11 bits per heavy atom. The van der Waals surface area contributed by atoms with Crippen molar-refractivity contribution in [2.45, 2.75) is 18.9 Å². The van der Waals surface area contributed by atoms with Gasteiger partial charge in [0, 0.05) is 18.6 Å². The predicted octanol–water partition coefficient (Wildman–Crippen LogP) is 2.59. The lowest BCUT2D eigenvalue weighted by atomic mass is 10.1. The van der Waals surface area contributed by atoms with Gasteiger partial charge in [-0.05, 0) is 24.1 Å². The van der Waals surface area contributed by atoms with E-state index in [1.54, 1.807) is 18.2 Å². The maximum absolute atomic E-state index is 11.9. The van der Waals surface area contributed by atoms with Crippen molar-refractivity contribution in [2.75, 3.05) is 6.61 Å². The van der Waals surface area contributed by atoms with Gasteiger partial charge in [0.1, 0.15) is 0 Å². The van der Waals surface area contributed by atoms with Crippen molar-refractivity contribution in [1.82, 2.24) is 5.32 Å². The molecule has 1 aromatic rings. The molecule has 0 saturated carbocycles. The number of rotatable bonds is 4. The Kier molecular flexibility index (Phi) is 4.86. The quantitative estimate of drug-likeness (QED) is 0.840. The van der Waals surface area contributed by atoms with Crippen LogP contribution in [0.4, 0.5) is 0 Å². The Balaban J connectivity index is 1.88. The van der Waals surface area contributed by atoms with Crippen LogP contribution in [0.2, 0.25) is 10.0 Å². The summed E-state index contributed by atoms with van der Waals surface area (Å²) in [5, 5.41) is 12.9. The van der Waals surface area contributed by atoms with E-state index in [-0.39, 0.29) is 30.9 Å². The average molecular weight is 300 g/mol. The number of nitrogens with one attached hydrogen (secondary N) is 1. The first-order valence-corrected chi connectivity index (χ1v) is 6.86. The molecule has 0 bridgehead atoms. The Hall–Kier alpha value is -1.03. The number of aliphatic hydroxyl groups excluding tert-OH is 1. The number of carbonyl (C=O) groups excluding carboxylic acids is 1. The first kappa shape index (κ1) is 14.4. The van der Waals surface area contributed by atoms with E-state index in [1.165, 1.54) is 0 Å². The van der Waals surface area contributed by atoms with Gasteiger partial charge in [-0.15, -0.1) is 0 Å². The Morgan fingerprint density at radius 3 is 2.74 bits per heavy atom. The van der Waals surface area contributed by atoms with Gasteiger partial charge in [0.15, 0.2) is 0 Å². The number of amides is 1. The van der Waals surface area contributed by atoms with Crippen LogP contribution in [-0.4, -0.2) is 23.7 Å². The summed E-state index contributed by atoms with van der Waals surface area (Å²) < 4.78 is 0. The zero-order chi connectivity index (χ0) is 13.8. The molecule has 0 spiro atoms. The number of aliphatic hydroxyl groups is 1. The number of hydrogen-bond acceptors (Lipinski definition) is 2. The number of halogens is 2. The minimum Gasteiger partial charge on any atom is -0.396 e. The molecule has 19 heavy (non-hydrogen) atoms. The van der Waals surface area contributed by atoms with Gasteiger partial charge in [-0.2, -0.15) is 0 Å². The lowest BCUT2D eigenvalue weighted by Crippen LogP contribution is -2.34. The van der Waals surface area contributed by atoms with E-state index in [0.29, 0.717) is 10.0 Å². The predicted molar refractivity (Wildman–Crippen MR) is 76.4 cm³/mol. The van der Waals surface area contributed by atoms with E-state index >= 15 is 0 Å². The van der Waals surface area contributed by atoms with Crippen molar-refractivity contribution in [3.8, 4) is 0 Å². The van der Waals surface area contributed by atoms with Gasteiger partial charge in [-0.3, -0.25) is 4.79 Å². The van der Waals surface area contributed by atoms with Crippen molar-refractivity contribution in [3.63, 3.8) is 0 Å². The molecule has 0 aliphatic heterocycles. The highest BCUT2D eigenvalue weighted by Gasteiger charge is 2.19. The van der Waals surface area contributed by atoms with E-state index in [0.717, 1.165) is 12.0 Å². The number of carbonyl (C=O) groups is 1. The second-order valence-corrected chi connectivity index (χ2v) is 5.48. The first-order chi connectivity index (χ1) is 9.08. The first-order valence-electron chi connectivity index (χ1n) is 6.11. The molecule has 1 aliphatic carbocycles. The van der Waals surface area contributed by atoms with Crippen LogP contribution in [0, 0.1) is 5.92 Å². The lowest BCUT2D eigenvalue weighted by molar-refractivity contribution is -0.120. The highest BCUT2D eigenvalue weighted by atomic mass is 35.5. The summed E-state index contributed by atoms with van der Waals surface area (Å²) in [6.07, 6.45) is 4.88. The van der Waals surface area contributed by atoms with Gasteiger partial charge in [0.2, 0.25) is 5.91 Å². The van der Waals surface area contributed by atoms with Crippen LogP contribution in [-0.2, 0) is 11.2 Å². The molecule has 5 heteroatoms. The molecule has 2 atom stereocenters. The molecule has 1 aliphatic rings. The minimum absolute atomic E-state index is 0.00687. The standard InChI is InChI=1S/C14H15Cl2NO2/c15-12-4-2-9(6-13(12)16)7-14(19)17-11-3-1-10(5-11)8-18/h1-4,6,10-11,18H,5,7-8H2,(H,17,19)/t10-,11+/m0/s1. The maximum atomic E-state index is 11.9. The second kappa shape index (κ2) is 6.42. The molecule has 0 unspecified atom stereocenters. The number of hydrogen-bond donors (Lipinski definition) is 2. The van der Waals surface area contributed by atoms with Crippen LogP contribution in [0.25, 0.3) is 0 Å². The Morgan fingerprint density at radius 1 is 1.32 bits per heavy atom. The normalized spacial score (nSPS) is 21.6. The molecule has 3 nitrogen and oxygen atoms in total. The third-order valence-electron chi connectivity index (χ3n) is 3.10. The van der Waals surface area contributed by atoms with Gasteiger partial charge in [0.05, 0.1) is 16.5 Å². The zero-order valence-electron chi connectivity index (χ0n) is 10.3. The van der Waals surface area contributed by atoms with Gasteiger partial charge in [0.25, 0.3) is 0 Å². The third-order valence-corrected chi connectivity index (χ3v) is 3.84. The fraction of sp³-hybridized carbons (Fsp3) is 0.357. The smallest absolute Gasteiger partial charge is 0.224 e. The van der Waals surface area contributed by atoms with Crippen molar-refractivity contribution in [2.24, 2.45) is 5.92 Å². The fourth-order valence-electron chi connectivity index (χ4n) is 2.11. The van der Waals surface area contributed by atoms with E-state index < -0.39 is 0 Å². The molecule has 0 heterocycles. The van der Waals surface area contributed by atoms with Gasteiger partial charge in [-0.25, -0.2) is 0 Å². The average Bonchev–Trinajstić information content (AvgIpc) is 2.81. The van der Waals surface area contributed by atoms with E-state index in [9.17, 15) is 4.79 Å². The van der Waals surface area contributed by atoms with Gasteiger partial charge < -0.3 is 10.4 Å². The maximum Gasteiger partial charge on any atom is 0.224 e. The van der Waals surface area contributed by atoms with Crippen LogP contribution >= 0.6 is 23.2 Å². The van der Waals surface area contributed by atoms with E-state index in [4.69, 9.17) is 28.3 Å². The third kappa shape index (κ3) is 3.96. The van der Waals surface area contributed by atoms with Crippen LogP contribution < -0.4 is 5.32 Å². The monoisotopic (exact) mass is 299 g/mol. The lowest BCUT2D eigenvalue weighted by Gasteiger charge is -2.12. The summed E-state index contributed by atoms with van der Waals surface area (Å²) in [6, 6.07) is 5.18. The molecule has 102 valence electrons. The van der Waals surface area contributed by atoms with Crippen LogP contribution in [0.1, 0.15) is 12.0 Å². The summed E-state index contributed by atoms with van der Waals surface area (Å²) >= 11 is 11.7. The summed E-state index contributed by atoms with van der Waals surface area (Å²) in [6.45, 7) is 0.121. The van der Waals surface area contributed by atoms with Crippen molar-refractivity contribution in [3.05, 3.63) is 46.0 Å². The largest absolute Gasteiger partial charge is 0.396 e. The van der Waals surface area contributed by atoms with Gasteiger partial charge >= 0.3 is 0 Å². The Labute approximate surface area is 122 Å². The van der Waals surface area contributed by atoms with Crippen LogP contribution in [0.15, 0.2) is 30.4 Å². The summed E-state index contributed by atoms with van der Waals surface area (Å²) in [4.78, 5) is 11.9. The molecule has 0 saturated heterocycles. The van der Waals surface area contributed by atoms with Crippen molar-refractivity contribution < 1.29 is 9.90 Å². The van der Waals surface area contributed by atoms with Crippen molar-refractivity contribution >= 4 is 29.1 Å². The summed E-state index contributed by atoms with van der Waals surface area (Å²) in [5.41, 5.74) is 0.826. The molecule has 2 N–H and O–H groups in total. The molecule has 2 rings (SSSR count).